The molecule has 0 aliphatic rings. The number of hydrogen-bond donors (Lipinski definition) is 3. The van der Waals surface area contributed by atoms with Crippen molar-refractivity contribution < 1.29 is 28.3 Å². The largest absolute Gasteiger partial charge is 0.519 e. The average molecular weight is 521 g/mol. The number of nitrogens with one attached hydrogen (secondary N) is 2. The number of aromatic nitrogens is 3. The summed E-state index contributed by atoms with van der Waals surface area (Å²) in [6.07, 6.45) is 1.72. The molecule has 0 aliphatic heterocycles. The zero-order valence-electron chi connectivity index (χ0n) is 21.0. The van der Waals surface area contributed by atoms with Gasteiger partial charge in [-0.2, -0.15) is 15.4 Å². The fourth-order valence-electron chi connectivity index (χ4n) is 4.06. The van der Waals surface area contributed by atoms with E-state index in [-0.39, 0.29) is 30.2 Å². The van der Waals surface area contributed by atoms with Gasteiger partial charge in [0.1, 0.15) is 0 Å². The minimum Gasteiger partial charge on any atom is -0.457 e. The Kier molecular flexibility index (Phi) is 8.17. The molecular formula is C27H28N4O7. The summed E-state index contributed by atoms with van der Waals surface area (Å²) in [7, 11) is 0. The highest BCUT2D eigenvalue weighted by Crippen LogP contribution is 2.28. The van der Waals surface area contributed by atoms with Crippen LogP contribution < -0.4 is 11.1 Å². The van der Waals surface area contributed by atoms with Crippen LogP contribution in [0, 0.1) is 12.3 Å². The lowest BCUT2D eigenvalue weighted by Crippen LogP contribution is -2.44. The van der Waals surface area contributed by atoms with E-state index >= 15 is 0 Å². The number of rotatable bonds is 11. The number of aliphatic hydroxyl groups is 1. The summed E-state index contributed by atoms with van der Waals surface area (Å²) in [5, 5.41) is 22.9. The number of carbonyl (C=O) groups is 2. The maximum atomic E-state index is 13.0. The highest BCUT2D eigenvalue weighted by Gasteiger charge is 2.38. The number of aromatic amines is 1. The lowest BCUT2D eigenvalue weighted by molar-refractivity contribution is -0.160. The number of esters is 1. The molecule has 0 radical (unpaired) electrons. The van der Waals surface area contributed by atoms with Crippen molar-refractivity contribution >= 4 is 11.9 Å². The Labute approximate surface area is 217 Å². The molecule has 2 heterocycles. The number of amides is 1. The van der Waals surface area contributed by atoms with Crippen LogP contribution in [0.15, 0.2) is 74.4 Å². The second-order valence-corrected chi connectivity index (χ2v) is 9.23. The van der Waals surface area contributed by atoms with Crippen molar-refractivity contribution in [1.82, 2.24) is 20.7 Å². The zero-order valence-corrected chi connectivity index (χ0v) is 21.0. The van der Waals surface area contributed by atoms with Crippen LogP contribution in [0.1, 0.15) is 40.9 Å². The van der Waals surface area contributed by atoms with Crippen LogP contribution in [0.25, 0.3) is 11.1 Å². The molecule has 2 aromatic carbocycles. The van der Waals surface area contributed by atoms with Gasteiger partial charge in [-0.25, -0.2) is 4.79 Å². The van der Waals surface area contributed by atoms with Gasteiger partial charge in [-0.15, -0.1) is 0 Å². The Balaban J connectivity index is 1.50. The molecule has 0 aliphatic carbocycles. The maximum Gasteiger partial charge on any atom is 0.519 e. The smallest absolute Gasteiger partial charge is 0.457 e. The first-order chi connectivity index (χ1) is 18.3. The number of H-pyrrole nitrogens is 1. The summed E-state index contributed by atoms with van der Waals surface area (Å²) in [5.74, 6) is -1.81. The molecule has 1 amide bonds. The van der Waals surface area contributed by atoms with Gasteiger partial charge in [-0.1, -0.05) is 54.6 Å². The predicted octanol–water partition coefficient (Wildman–Crippen LogP) is 2.80. The third kappa shape index (κ3) is 6.43. The number of nitrogens with zero attached hydrogens (tertiary/aromatic N) is 2. The lowest BCUT2D eigenvalue weighted by Gasteiger charge is -2.30. The van der Waals surface area contributed by atoms with Crippen molar-refractivity contribution in [3.8, 4) is 11.1 Å². The second kappa shape index (κ2) is 11.7. The summed E-state index contributed by atoms with van der Waals surface area (Å²) in [6, 6.07) is 17.2. The third-order valence-electron chi connectivity index (χ3n) is 6.23. The average Bonchev–Trinajstić information content (AvgIpc) is 3.57. The van der Waals surface area contributed by atoms with E-state index in [4.69, 9.17) is 13.6 Å². The fraction of sp³-hybridized carbons (Fsp3) is 0.296. The Bertz CT molecular complexity index is 1410. The first-order valence-corrected chi connectivity index (χ1v) is 12.0. The van der Waals surface area contributed by atoms with Crippen LogP contribution in [0.3, 0.4) is 0 Å². The molecule has 4 aromatic rings. The molecule has 0 saturated carbocycles. The normalized spacial score (nSPS) is 13.4. The van der Waals surface area contributed by atoms with E-state index in [9.17, 15) is 19.5 Å². The van der Waals surface area contributed by atoms with Gasteiger partial charge in [0.05, 0.1) is 18.2 Å². The van der Waals surface area contributed by atoms with E-state index in [2.05, 4.69) is 20.7 Å². The summed E-state index contributed by atoms with van der Waals surface area (Å²) in [5.41, 5.74) is 1.76. The van der Waals surface area contributed by atoms with E-state index in [1.165, 1.54) is 13.1 Å². The molecule has 4 rings (SSSR count). The Morgan fingerprint density at radius 1 is 1.11 bits per heavy atom. The van der Waals surface area contributed by atoms with Crippen LogP contribution >= 0.6 is 0 Å². The first kappa shape index (κ1) is 26.6. The molecule has 2 atom stereocenters. The maximum absolute atomic E-state index is 13.0. The van der Waals surface area contributed by atoms with Crippen LogP contribution in [0.5, 0.6) is 0 Å². The second-order valence-electron chi connectivity index (χ2n) is 9.23. The van der Waals surface area contributed by atoms with E-state index in [1.54, 1.807) is 6.92 Å². The number of ether oxygens (including phenoxy) is 1. The number of aliphatic hydroxyl groups excluding tert-OH is 1. The van der Waals surface area contributed by atoms with Crippen molar-refractivity contribution in [2.45, 2.75) is 39.3 Å². The molecule has 198 valence electrons. The quantitative estimate of drug-likeness (QED) is 0.253. The highest BCUT2D eigenvalue weighted by molar-refractivity contribution is 5.92. The van der Waals surface area contributed by atoms with Gasteiger partial charge in [0.2, 0.25) is 0 Å². The fourth-order valence-corrected chi connectivity index (χ4v) is 4.06. The number of carbonyl (C=O) groups excluding carboxylic acids is 2. The van der Waals surface area contributed by atoms with Crippen molar-refractivity contribution in [3.63, 3.8) is 0 Å². The Hall–Kier alpha value is -4.51. The first-order valence-electron chi connectivity index (χ1n) is 12.0. The van der Waals surface area contributed by atoms with E-state index < -0.39 is 35.8 Å². The van der Waals surface area contributed by atoms with Crippen molar-refractivity contribution in [1.29, 1.82) is 0 Å². The molecule has 0 spiro atoms. The SMILES string of the molecule is Cc1oc(=O)oc1COC(=O)[C@](C)(CO)C[C@@H](Cc1ccc(-c2ccccc2)cc1)NC(=O)c1cn[nH]n1. The molecular weight excluding hydrogens is 492 g/mol. The van der Waals surface area contributed by atoms with E-state index in [0.29, 0.717) is 6.42 Å². The van der Waals surface area contributed by atoms with Gasteiger partial charge in [-0.05, 0) is 43.4 Å². The lowest BCUT2D eigenvalue weighted by atomic mass is 9.82. The molecule has 0 unspecified atom stereocenters. The van der Waals surface area contributed by atoms with Crippen LogP contribution in [-0.4, -0.2) is 45.0 Å². The van der Waals surface area contributed by atoms with Crippen molar-refractivity contribution in [2.24, 2.45) is 5.41 Å². The molecule has 0 saturated heterocycles. The Morgan fingerprint density at radius 3 is 2.42 bits per heavy atom. The van der Waals surface area contributed by atoms with Gasteiger partial charge >= 0.3 is 11.8 Å². The minimum absolute atomic E-state index is 0.0562. The van der Waals surface area contributed by atoms with Gasteiger partial charge in [-0.3, -0.25) is 9.59 Å². The topological polar surface area (TPSA) is 161 Å². The zero-order chi connectivity index (χ0) is 27.1. The van der Waals surface area contributed by atoms with Crippen molar-refractivity contribution in [3.05, 3.63) is 94.2 Å². The van der Waals surface area contributed by atoms with Gasteiger partial charge in [0.15, 0.2) is 23.8 Å². The monoisotopic (exact) mass is 520 g/mol. The molecule has 0 fully saturated rings. The molecule has 0 bridgehead atoms. The van der Waals surface area contributed by atoms with E-state index in [1.807, 2.05) is 54.6 Å². The number of aryl methyl sites for hydroxylation is 1. The van der Waals surface area contributed by atoms with Crippen LogP contribution in [0.2, 0.25) is 0 Å². The molecule has 3 N–H and O–H groups in total. The number of hydrogen-bond acceptors (Lipinski definition) is 9. The number of benzene rings is 2. The van der Waals surface area contributed by atoms with Crippen molar-refractivity contribution in [2.75, 3.05) is 6.61 Å². The van der Waals surface area contributed by atoms with Crippen LogP contribution in [0.4, 0.5) is 0 Å². The Morgan fingerprint density at radius 2 is 1.82 bits per heavy atom. The minimum atomic E-state index is -1.37. The molecule has 11 nitrogen and oxygen atoms in total. The summed E-state index contributed by atoms with van der Waals surface area (Å²) >= 11 is 0. The molecule has 38 heavy (non-hydrogen) atoms. The third-order valence-corrected chi connectivity index (χ3v) is 6.23. The highest BCUT2D eigenvalue weighted by atomic mass is 16.6. The van der Waals surface area contributed by atoms with Gasteiger partial charge in [0, 0.05) is 6.04 Å². The van der Waals surface area contributed by atoms with Crippen LogP contribution in [-0.2, 0) is 22.6 Å². The van der Waals surface area contributed by atoms with Gasteiger partial charge < -0.3 is 24.0 Å². The summed E-state index contributed by atoms with van der Waals surface area (Å²) < 4.78 is 15.0. The molecule has 11 heteroatoms. The predicted molar refractivity (Wildman–Crippen MR) is 135 cm³/mol. The molecule has 2 aromatic heterocycles. The summed E-state index contributed by atoms with van der Waals surface area (Å²) in [4.78, 5) is 37.1. The van der Waals surface area contributed by atoms with E-state index in [0.717, 1.165) is 16.7 Å². The standard InChI is InChI=1S/C27H28N4O7/c1-17-23(38-26(35)37-17)15-36-25(34)27(2,16-32)13-21(29-24(33)22-14-28-31-30-22)12-18-8-10-20(11-9-18)19-6-4-3-5-7-19/h3-11,14,21,32H,12-13,15-16H2,1-2H3,(H,29,33)(H,28,30,31)/t21-,27+/m1/s1. The van der Waals surface area contributed by atoms with Gasteiger partial charge in [0.25, 0.3) is 5.91 Å². The summed E-state index contributed by atoms with van der Waals surface area (Å²) in [6.45, 7) is 2.19.